The number of aromatic nitrogens is 2. The van der Waals surface area contributed by atoms with Crippen molar-refractivity contribution in [1.82, 2.24) is 9.78 Å². The van der Waals surface area contributed by atoms with Crippen molar-refractivity contribution in [2.24, 2.45) is 0 Å². The number of anilines is 2. The van der Waals surface area contributed by atoms with Crippen LogP contribution in [0.4, 0.5) is 11.4 Å². The summed E-state index contributed by atoms with van der Waals surface area (Å²) in [5, 5.41) is 7.29. The standard InChI is InChI=1S/C18H22N4O2/c1-12-10-13(2)22(20-12)9-7-18(24)19-16-4-5-17-15(11-16)6-8-21(17)14(3)23/h4-5,10-11H,6-9H2,1-3H3,(H,19,24). The van der Waals surface area contributed by atoms with E-state index >= 15 is 0 Å². The lowest BCUT2D eigenvalue weighted by Gasteiger charge is -2.15. The van der Waals surface area contributed by atoms with E-state index in [1.807, 2.05) is 42.8 Å². The molecule has 0 aliphatic carbocycles. The van der Waals surface area contributed by atoms with E-state index < -0.39 is 0 Å². The molecule has 0 saturated heterocycles. The molecule has 3 rings (SSSR count). The largest absolute Gasteiger partial charge is 0.326 e. The second kappa shape index (κ2) is 6.47. The molecular formula is C18H22N4O2. The highest BCUT2D eigenvalue weighted by molar-refractivity contribution is 5.95. The Morgan fingerprint density at radius 3 is 2.71 bits per heavy atom. The molecule has 6 heteroatoms. The molecule has 0 atom stereocenters. The van der Waals surface area contributed by atoms with Crippen LogP contribution in [0, 0.1) is 13.8 Å². The van der Waals surface area contributed by atoms with Crippen molar-refractivity contribution in [2.75, 3.05) is 16.8 Å². The zero-order valence-electron chi connectivity index (χ0n) is 14.3. The molecule has 0 fully saturated rings. The van der Waals surface area contributed by atoms with Crippen molar-refractivity contribution >= 4 is 23.2 Å². The predicted octanol–water partition coefficient (Wildman–Crippen LogP) is 2.44. The highest BCUT2D eigenvalue weighted by Gasteiger charge is 2.22. The molecule has 24 heavy (non-hydrogen) atoms. The molecular weight excluding hydrogens is 304 g/mol. The fourth-order valence-corrected chi connectivity index (χ4v) is 3.14. The van der Waals surface area contributed by atoms with Gasteiger partial charge in [0.1, 0.15) is 0 Å². The third-order valence-electron chi connectivity index (χ3n) is 4.29. The number of benzene rings is 1. The number of hydrogen-bond acceptors (Lipinski definition) is 3. The molecule has 1 aromatic carbocycles. The normalized spacial score (nSPS) is 13.0. The van der Waals surface area contributed by atoms with E-state index in [2.05, 4.69) is 10.4 Å². The van der Waals surface area contributed by atoms with E-state index in [1.54, 1.807) is 11.8 Å². The summed E-state index contributed by atoms with van der Waals surface area (Å²) in [6, 6.07) is 7.71. The maximum absolute atomic E-state index is 12.2. The fraction of sp³-hybridized carbons (Fsp3) is 0.389. The molecule has 126 valence electrons. The molecule has 1 aliphatic heterocycles. The minimum absolute atomic E-state index is 0.0380. The third kappa shape index (κ3) is 3.32. The van der Waals surface area contributed by atoms with Crippen LogP contribution in [0.25, 0.3) is 0 Å². The first kappa shape index (κ1) is 16.2. The molecule has 1 aliphatic rings. The van der Waals surface area contributed by atoms with Crippen molar-refractivity contribution in [3.8, 4) is 0 Å². The van der Waals surface area contributed by atoms with Gasteiger partial charge in [0.15, 0.2) is 0 Å². The number of amides is 2. The predicted molar refractivity (Wildman–Crippen MR) is 93.1 cm³/mol. The summed E-state index contributed by atoms with van der Waals surface area (Å²) in [6.45, 7) is 6.77. The van der Waals surface area contributed by atoms with E-state index in [9.17, 15) is 9.59 Å². The maximum atomic E-state index is 12.2. The first-order valence-corrected chi connectivity index (χ1v) is 8.16. The van der Waals surface area contributed by atoms with Gasteiger partial charge in [0.2, 0.25) is 11.8 Å². The van der Waals surface area contributed by atoms with Crippen LogP contribution in [0.2, 0.25) is 0 Å². The zero-order valence-corrected chi connectivity index (χ0v) is 14.3. The Morgan fingerprint density at radius 2 is 2.04 bits per heavy atom. The van der Waals surface area contributed by atoms with E-state index in [4.69, 9.17) is 0 Å². The minimum atomic E-state index is -0.0380. The smallest absolute Gasteiger partial charge is 0.226 e. The Labute approximate surface area is 141 Å². The van der Waals surface area contributed by atoms with Gasteiger partial charge >= 0.3 is 0 Å². The number of carbonyl (C=O) groups excluding carboxylic acids is 2. The second-order valence-corrected chi connectivity index (χ2v) is 6.21. The monoisotopic (exact) mass is 326 g/mol. The SMILES string of the molecule is CC(=O)N1CCc2cc(NC(=O)CCn3nc(C)cc3C)ccc21. The van der Waals surface area contributed by atoms with E-state index in [-0.39, 0.29) is 11.8 Å². The van der Waals surface area contributed by atoms with Crippen molar-refractivity contribution < 1.29 is 9.59 Å². The molecule has 0 saturated carbocycles. The summed E-state index contributed by atoms with van der Waals surface area (Å²) in [7, 11) is 0. The molecule has 0 bridgehead atoms. The lowest BCUT2D eigenvalue weighted by atomic mass is 10.1. The van der Waals surface area contributed by atoms with E-state index in [1.165, 1.54) is 0 Å². The number of nitrogens with zero attached hydrogens (tertiary/aromatic N) is 3. The quantitative estimate of drug-likeness (QED) is 0.938. The van der Waals surface area contributed by atoms with Crippen LogP contribution in [0.3, 0.4) is 0 Å². The van der Waals surface area contributed by atoms with Crippen molar-refractivity contribution in [2.45, 2.75) is 40.2 Å². The van der Waals surface area contributed by atoms with Gasteiger partial charge in [-0.25, -0.2) is 0 Å². The van der Waals surface area contributed by atoms with E-state index in [0.717, 1.165) is 34.7 Å². The molecule has 0 spiro atoms. The van der Waals surface area contributed by atoms with Crippen LogP contribution < -0.4 is 10.2 Å². The number of fused-ring (bicyclic) bond motifs is 1. The van der Waals surface area contributed by atoms with Gasteiger partial charge in [-0.05, 0) is 50.1 Å². The summed E-state index contributed by atoms with van der Waals surface area (Å²) in [4.78, 5) is 25.5. The van der Waals surface area contributed by atoms with Crippen LogP contribution in [-0.4, -0.2) is 28.1 Å². The van der Waals surface area contributed by atoms with Crippen molar-refractivity contribution in [3.63, 3.8) is 0 Å². The van der Waals surface area contributed by atoms with Gasteiger partial charge in [-0.1, -0.05) is 0 Å². The highest BCUT2D eigenvalue weighted by Crippen LogP contribution is 2.30. The van der Waals surface area contributed by atoms with Gasteiger partial charge < -0.3 is 10.2 Å². The van der Waals surface area contributed by atoms with Crippen LogP contribution >= 0.6 is 0 Å². The Hall–Kier alpha value is -2.63. The van der Waals surface area contributed by atoms with Gasteiger partial charge in [-0.15, -0.1) is 0 Å². The minimum Gasteiger partial charge on any atom is -0.326 e. The van der Waals surface area contributed by atoms with Crippen molar-refractivity contribution in [1.29, 1.82) is 0 Å². The summed E-state index contributed by atoms with van der Waals surface area (Å²) in [6.07, 6.45) is 1.20. The first-order valence-electron chi connectivity index (χ1n) is 8.16. The van der Waals surface area contributed by atoms with Gasteiger partial charge in [0, 0.05) is 43.5 Å². The van der Waals surface area contributed by atoms with Crippen molar-refractivity contribution in [3.05, 3.63) is 41.2 Å². The number of aryl methyl sites for hydroxylation is 3. The Morgan fingerprint density at radius 1 is 1.25 bits per heavy atom. The summed E-state index contributed by atoms with van der Waals surface area (Å²) >= 11 is 0. The molecule has 2 heterocycles. The summed E-state index contributed by atoms with van der Waals surface area (Å²) in [5.74, 6) is 0.0133. The summed E-state index contributed by atoms with van der Waals surface area (Å²) in [5.41, 5.74) is 4.84. The lowest BCUT2D eigenvalue weighted by Crippen LogP contribution is -2.25. The van der Waals surface area contributed by atoms with Crippen LogP contribution in [0.5, 0.6) is 0 Å². The Kier molecular flexibility index (Phi) is 4.38. The maximum Gasteiger partial charge on any atom is 0.226 e. The van der Waals surface area contributed by atoms with Crippen LogP contribution in [0.15, 0.2) is 24.3 Å². The molecule has 2 amide bonds. The molecule has 0 unspecified atom stereocenters. The fourth-order valence-electron chi connectivity index (χ4n) is 3.14. The first-order chi connectivity index (χ1) is 11.4. The number of rotatable bonds is 4. The number of nitrogens with one attached hydrogen (secondary N) is 1. The number of hydrogen-bond donors (Lipinski definition) is 1. The van der Waals surface area contributed by atoms with Crippen LogP contribution in [-0.2, 0) is 22.6 Å². The second-order valence-electron chi connectivity index (χ2n) is 6.21. The lowest BCUT2D eigenvalue weighted by molar-refractivity contribution is -0.117. The molecule has 2 aromatic rings. The average Bonchev–Trinajstić information content (AvgIpc) is 3.07. The highest BCUT2D eigenvalue weighted by atomic mass is 16.2. The average molecular weight is 326 g/mol. The Bertz CT molecular complexity index is 794. The van der Waals surface area contributed by atoms with Gasteiger partial charge in [0.25, 0.3) is 0 Å². The van der Waals surface area contributed by atoms with Gasteiger partial charge in [0.05, 0.1) is 5.69 Å². The number of carbonyl (C=O) groups is 2. The Balaban J connectivity index is 1.61. The molecule has 6 nitrogen and oxygen atoms in total. The van der Waals surface area contributed by atoms with Crippen LogP contribution in [0.1, 0.15) is 30.3 Å². The molecule has 1 aromatic heterocycles. The van der Waals surface area contributed by atoms with Gasteiger partial charge in [-0.2, -0.15) is 5.10 Å². The van der Waals surface area contributed by atoms with E-state index in [0.29, 0.717) is 19.5 Å². The topological polar surface area (TPSA) is 67.2 Å². The molecule has 1 N–H and O–H groups in total. The third-order valence-corrected chi connectivity index (χ3v) is 4.29. The van der Waals surface area contributed by atoms with Gasteiger partial charge in [-0.3, -0.25) is 14.3 Å². The molecule has 0 radical (unpaired) electrons. The zero-order chi connectivity index (χ0) is 17.3. The summed E-state index contributed by atoms with van der Waals surface area (Å²) < 4.78 is 1.85.